The fourth-order valence-electron chi connectivity index (χ4n) is 3.05. The van der Waals surface area contributed by atoms with Gasteiger partial charge in [0.25, 0.3) is 5.69 Å². The number of nitro benzene ring substituents is 1. The van der Waals surface area contributed by atoms with E-state index in [1.807, 2.05) is 17.0 Å². The lowest BCUT2D eigenvalue weighted by Crippen LogP contribution is -2.42. The number of para-hydroxylation sites is 2. The second kappa shape index (κ2) is 6.18. The summed E-state index contributed by atoms with van der Waals surface area (Å²) in [4.78, 5) is 12.8. The molecule has 120 valence electrons. The Bertz CT molecular complexity index is 710. The molecule has 0 aromatic heterocycles. The lowest BCUT2D eigenvalue weighted by Gasteiger charge is -2.39. The summed E-state index contributed by atoms with van der Waals surface area (Å²) in [5.41, 5.74) is 0.634. The molecular formula is C17H17ClN2O3. The number of benzene rings is 2. The van der Waals surface area contributed by atoms with Crippen LogP contribution < -0.4 is 4.90 Å². The molecule has 0 aliphatic carbocycles. The molecule has 1 fully saturated rings. The van der Waals surface area contributed by atoms with E-state index in [0.717, 1.165) is 5.56 Å². The number of piperidine rings is 1. The van der Waals surface area contributed by atoms with Crippen LogP contribution in [0.2, 0.25) is 5.02 Å². The van der Waals surface area contributed by atoms with E-state index >= 15 is 0 Å². The van der Waals surface area contributed by atoms with Crippen molar-refractivity contribution in [2.24, 2.45) is 0 Å². The highest BCUT2D eigenvalue weighted by Crippen LogP contribution is 2.37. The molecule has 0 amide bonds. The minimum atomic E-state index is -0.912. The first-order valence-corrected chi connectivity index (χ1v) is 7.84. The highest BCUT2D eigenvalue weighted by Gasteiger charge is 2.35. The van der Waals surface area contributed by atoms with Gasteiger partial charge in [-0.15, -0.1) is 0 Å². The summed E-state index contributed by atoms with van der Waals surface area (Å²) < 4.78 is 0. The fraction of sp³-hybridized carbons (Fsp3) is 0.294. The largest absolute Gasteiger partial charge is 0.385 e. The predicted molar refractivity (Wildman–Crippen MR) is 89.9 cm³/mol. The number of nitro groups is 1. The molecule has 1 aliphatic heterocycles. The first kappa shape index (κ1) is 15.8. The molecule has 0 unspecified atom stereocenters. The van der Waals surface area contributed by atoms with E-state index in [1.165, 1.54) is 6.07 Å². The normalized spacial score (nSPS) is 17.0. The molecule has 2 aromatic rings. The van der Waals surface area contributed by atoms with Crippen molar-refractivity contribution in [3.05, 3.63) is 69.2 Å². The Balaban J connectivity index is 1.78. The van der Waals surface area contributed by atoms with Crippen LogP contribution in [-0.2, 0) is 5.60 Å². The predicted octanol–water partition coefficient (Wildman–Crippen LogP) is 3.74. The quantitative estimate of drug-likeness (QED) is 0.687. The maximum absolute atomic E-state index is 11.2. The third kappa shape index (κ3) is 3.16. The zero-order chi connectivity index (χ0) is 16.4. The molecule has 1 saturated heterocycles. The Morgan fingerprint density at radius 2 is 1.70 bits per heavy atom. The Labute approximate surface area is 139 Å². The molecule has 0 spiro atoms. The lowest BCUT2D eigenvalue weighted by molar-refractivity contribution is -0.384. The van der Waals surface area contributed by atoms with Crippen molar-refractivity contribution in [1.82, 2.24) is 0 Å². The minimum absolute atomic E-state index is 0.101. The molecule has 23 heavy (non-hydrogen) atoms. The van der Waals surface area contributed by atoms with Gasteiger partial charge in [-0.05, 0) is 36.6 Å². The lowest BCUT2D eigenvalue weighted by atomic mass is 9.84. The zero-order valence-corrected chi connectivity index (χ0v) is 13.2. The Kier molecular flexibility index (Phi) is 4.24. The van der Waals surface area contributed by atoms with E-state index in [-0.39, 0.29) is 10.6 Å². The summed E-state index contributed by atoms with van der Waals surface area (Å²) in [6.07, 6.45) is 1.03. The number of hydrogen-bond donors (Lipinski definition) is 1. The molecule has 0 bridgehead atoms. The van der Waals surface area contributed by atoms with Crippen molar-refractivity contribution in [3.8, 4) is 0 Å². The molecule has 0 saturated carbocycles. The summed E-state index contributed by atoms with van der Waals surface area (Å²) in [7, 11) is 0. The monoisotopic (exact) mass is 332 g/mol. The van der Waals surface area contributed by atoms with Crippen molar-refractivity contribution in [2.45, 2.75) is 18.4 Å². The molecule has 1 aliphatic rings. The van der Waals surface area contributed by atoms with Crippen LogP contribution in [0.25, 0.3) is 0 Å². The van der Waals surface area contributed by atoms with Gasteiger partial charge in [0, 0.05) is 24.2 Å². The molecule has 0 atom stereocenters. The topological polar surface area (TPSA) is 66.6 Å². The standard InChI is InChI=1S/C17H17ClN2O3/c18-14-7-5-13(6-8-14)17(21)9-11-19(12-10-17)15-3-1-2-4-16(15)20(22)23/h1-8,21H,9-12H2. The first-order chi connectivity index (χ1) is 11.0. The summed E-state index contributed by atoms with van der Waals surface area (Å²) in [6.45, 7) is 1.12. The second-order valence-electron chi connectivity index (χ2n) is 5.77. The van der Waals surface area contributed by atoms with Gasteiger partial charge in [-0.25, -0.2) is 0 Å². The van der Waals surface area contributed by atoms with Crippen LogP contribution in [-0.4, -0.2) is 23.1 Å². The Hall–Kier alpha value is -2.11. The molecule has 1 heterocycles. The number of halogens is 1. The Morgan fingerprint density at radius 1 is 1.09 bits per heavy atom. The van der Waals surface area contributed by atoms with Crippen LogP contribution in [0.5, 0.6) is 0 Å². The smallest absolute Gasteiger partial charge is 0.292 e. The SMILES string of the molecule is O=[N+]([O-])c1ccccc1N1CCC(O)(c2ccc(Cl)cc2)CC1. The van der Waals surface area contributed by atoms with E-state index in [4.69, 9.17) is 11.6 Å². The van der Waals surface area contributed by atoms with Gasteiger partial charge >= 0.3 is 0 Å². The second-order valence-corrected chi connectivity index (χ2v) is 6.21. The summed E-state index contributed by atoms with van der Waals surface area (Å²) in [6, 6.07) is 13.9. The molecular weight excluding hydrogens is 316 g/mol. The summed E-state index contributed by atoms with van der Waals surface area (Å²) in [5, 5.41) is 22.7. The summed E-state index contributed by atoms with van der Waals surface area (Å²) >= 11 is 5.89. The van der Waals surface area contributed by atoms with Gasteiger partial charge in [-0.1, -0.05) is 35.9 Å². The van der Waals surface area contributed by atoms with E-state index in [1.54, 1.807) is 30.3 Å². The van der Waals surface area contributed by atoms with Gasteiger partial charge in [0.05, 0.1) is 10.5 Å². The highest BCUT2D eigenvalue weighted by atomic mass is 35.5. The molecule has 2 aromatic carbocycles. The van der Waals surface area contributed by atoms with Crippen LogP contribution in [0.15, 0.2) is 48.5 Å². The first-order valence-electron chi connectivity index (χ1n) is 7.46. The number of hydrogen-bond acceptors (Lipinski definition) is 4. The van der Waals surface area contributed by atoms with Crippen LogP contribution in [0, 0.1) is 10.1 Å². The van der Waals surface area contributed by atoms with Gasteiger partial charge in [-0.2, -0.15) is 0 Å². The number of anilines is 1. The van der Waals surface area contributed by atoms with Crippen molar-refractivity contribution in [1.29, 1.82) is 0 Å². The van der Waals surface area contributed by atoms with Crippen LogP contribution in [0.4, 0.5) is 11.4 Å². The molecule has 6 heteroatoms. The zero-order valence-electron chi connectivity index (χ0n) is 12.5. The van der Waals surface area contributed by atoms with E-state index < -0.39 is 5.60 Å². The van der Waals surface area contributed by atoms with Crippen LogP contribution in [0.1, 0.15) is 18.4 Å². The maximum atomic E-state index is 11.2. The van der Waals surface area contributed by atoms with Gasteiger partial charge in [-0.3, -0.25) is 10.1 Å². The third-order valence-corrected chi connectivity index (χ3v) is 4.64. The number of aliphatic hydroxyl groups is 1. The van der Waals surface area contributed by atoms with E-state index in [2.05, 4.69) is 0 Å². The van der Waals surface area contributed by atoms with Crippen molar-refractivity contribution in [3.63, 3.8) is 0 Å². The fourth-order valence-corrected chi connectivity index (χ4v) is 3.18. The highest BCUT2D eigenvalue weighted by molar-refractivity contribution is 6.30. The van der Waals surface area contributed by atoms with Gasteiger partial charge < -0.3 is 10.0 Å². The number of nitrogens with zero attached hydrogens (tertiary/aromatic N) is 2. The number of rotatable bonds is 3. The van der Waals surface area contributed by atoms with Gasteiger partial charge in [0.2, 0.25) is 0 Å². The van der Waals surface area contributed by atoms with Crippen LogP contribution >= 0.6 is 11.6 Å². The molecule has 5 nitrogen and oxygen atoms in total. The van der Waals surface area contributed by atoms with Gasteiger partial charge in [0.1, 0.15) is 5.69 Å². The van der Waals surface area contributed by atoms with E-state index in [0.29, 0.717) is 36.6 Å². The molecule has 1 N–H and O–H groups in total. The minimum Gasteiger partial charge on any atom is -0.385 e. The summed E-state index contributed by atoms with van der Waals surface area (Å²) in [5.74, 6) is 0. The van der Waals surface area contributed by atoms with Crippen LogP contribution in [0.3, 0.4) is 0 Å². The van der Waals surface area contributed by atoms with E-state index in [9.17, 15) is 15.2 Å². The van der Waals surface area contributed by atoms with Crippen molar-refractivity contribution >= 4 is 23.0 Å². The average molecular weight is 333 g/mol. The third-order valence-electron chi connectivity index (χ3n) is 4.39. The average Bonchev–Trinajstić information content (AvgIpc) is 2.56. The van der Waals surface area contributed by atoms with Crippen molar-refractivity contribution < 1.29 is 10.0 Å². The van der Waals surface area contributed by atoms with Crippen molar-refractivity contribution in [2.75, 3.05) is 18.0 Å². The Morgan fingerprint density at radius 3 is 2.30 bits per heavy atom. The maximum Gasteiger partial charge on any atom is 0.292 e. The molecule has 3 rings (SSSR count). The molecule has 0 radical (unpaired) electrons. The van der Waals surface area contributed by atoms with Gasteiger partial charge in [0.15, 0.2) is 0 Å².